The Balaban J connectivity index is 1.76. The monoisotopic (exact) mass is 293 g/mol. The third-order valence-corrected chi connectivity index (χ3v) is 4.49. The van der Waals surface area contributed by atoms with Crippen LogP contribution in [0.2, 0.25) is 0 Å². The average Bonchev–Trinajstić information content (AvgIpc) is 3.22. The number of aromatic nitrogens is 4. The van der Waals surface area contributed by atoms with Crippen LogP contribution in [0.5, 0.6) is 0 Å². The zero-order chi connectivity index (χ0) is 15.1. The minimum atomic E-state index is 0.853. The average molecular weight is 293 g/mol. The summed E-state index contributed by atoms with van der Waals surface area (Å²) in [4.78, 5) is 9.82. The highest BCUT2D eigenvalue weighted by Crippen LogP contribution is 2.37. The van der Waals surface area contributed by atoms with E-state index >= 15 is 0 Å². The summed E-state index contributed by atoms with van der Waals surface area (Å²) < 4.78 is 1.93. The number of H-pyrrole nitrogens is 1. The van der Waals surface area contributed by atoms with Crippen LogP contribution in [0.1, 0.15) is 16.8 Å². The Morgan fingerprint density at radius 3 is 2.91 bits per heavy atom. The molecule has 3 aromatic rings. The van der Waals surface area contributed by atoms with E-state index in [2.05, 4.69) is 45.1 Å². The van der Waals surface area contributed by atoms with Crippen LogP contribution in [0.4, 0.5) is 5.69 Å². The molecule has 0 aliphatic carbocycles. The van der Waals surface area contributed by atoms with Crippen LogP contribution in [0.3, 0.4) is 0 Å². The van der Waals surface area contributed by atoms with E-state index in [-0.39, 0.29) is 0 Å². The third-order valence-electron chi connectivity index (χ3n) is 4.49. The number of benzene rings is 1. The van der Waals surface area contributed by atoms with Gasteiger partial charge in [0.25, 0.3) is 0 Å². The van der Waals surface area contributed by atoms with Crippen LogP contribution in [0.25, 0.3) is 11.3 Å². The molecule has 1 aromatic carbocycles. The number of fused-ring (bicyclic) bond motifs is 1. The van der Waals surface area contributed by atoms with E-state index in [0.717, 1.165) is 30.9 Å². The fourth-order valence-corrected chi connectivity index (χ4v) is 3.41. The Hall–Kier alpha value is -2.56. The van der Waals surface area contributed by atoms with E-state index in [1.54, 1.807) is 6.33 Å². The minimum Gasteiger partial charge on any atom is -0.365 e. The second-order valence-corrected chi connectivity index (χ2v) is 5.82. The predicted molar refractivity (Wildman–Crippen MR) is 86.7 cm³/mol. The van der Waals surface area contributed by atoms with Crippen molar-refractivity contribution in [2.75, 3.05) is 11.4 Å². The van der Waals surface area contributed by atoms with Crippen molar-refractivity contribution in [2.24, 2.45) is 7.05 Å². The van der Waals surface area contributed by atoms with Crippen molar-refractivity contribution >= 4 is 5.69 Å². The normalized spacial score (nSPS) is 13.6. The molecule has 0 unspecified atom stereocenters. The van der Waals surface area contributed by atoms with Gasteiger partial charge in [-0.05, 0) is 30.5 Å². The lowest BCUT2D eigenvalue weighted by Crippen LogP contribution is -2.20. The molecule has 3 heterocycles. The molecule has 5 nitrogen and oxygen atoms in total. The number of hydrogen-bond donors (Lipinski definition) is 1. The number of nitrogens with one attached hydrogen (secondary N) is 1. The molecule has 0 amide bonds. The summed E-state index contributed by atoms with van der Waals surface area (Å²) in [6, 6.07) is 6.56. The Morgan fingerprint density at radius 1 is 1.27 bits per heavy atom. The first-order chi connectivity index (χ1) is 10.7. The van der Waals surface area contributed by atoms with Crippen molar-refractivity contribution in [3.63, 3.8) is 0 Å². The topological polar surface area (TPSA) is 49.7 Å². The number of imidazole rings is 1. The van der Waals surface area contributed by atoms with Gasteiger partial charge in [-0.3, -0.25) is 4.68 Å². The van der Waals surface area contributed by atoms with Crippen molar-refractivity contribution < 1.29 is 0 Å². The van der Waals surface area contributed by atoms with E-state index < -0.39 is 0 Å². The maximum atomic E-state index is 4.36. The second-order valence-electron chi connectivity index (χ2n) is 5.82. The number of anilines is 1. The smallest absolute Gasteiger partial charge is 0.0923 e. The van der Waals surface area contributed by atoms with E-state index in [1.165, 1.54) is 22.4 Å². The molecule has 1 aliphatic heterocycles. The second kappa shape index (κ2) is 5.02. The van der Waals surface area contributed by atoms with Crippen LogP contribution in [-0.2, 0) is 20.0 Å². The van der Waals surface area contributed by atoms with Gasteiger partial charge in [-0.1, -0.05) is 12.1 Å². The standard InChI is InChI=1S/C17H19N5/c1-12-15(16-5-7-20-21(16)2)4-3-13-6-8-22(17(12)13)10-14-9-18-11-19-14/h3-5,7,9,11H,6,8,10H2,1-2H3,(H,18,19). The highest BCUT2D eigenvalue weighted by Gasteiger charge is 2.24. The van der Waals surface area contributed by atoms with Crippen LogP contribution in [0, 0.1) is 6.92 Å². The first-order valence-corrected chi connectivity index (χ1v) is 7.57. The van der Waals surface area contributed by atoms with E-state index in [4.69, 9.17) is 0 Å². The van der Waals surface area contributed by atoms with Crippen LogP contribution < -0.4 is 4.90 Å². The lowest BCUT2D eigenvalue weighted by Gasteiger charge is -2.22. The van der Waals surface area contributed by atoms with E-state index in [0.29, 0.717) is 0 Å². The zero-order valence-corrected chi connectivity index (χ0v) is 12.9. The summed E-state index contributed by atoms with van der Waals surface area (Å²) in [5, 5.41) is 4.30. The van der Waals surface area contributed by atoms with Crippen molar-refractivity contribution in [3.05, 3.63) is 53.7 Å². The predicted octanol–water partition coefficient (Wildman–Crippen LogP) is 2.68. The number of nitrogens with zero attached hydrogens (tertiary/aromatic N) is 4. The maximum Gasteiger partial charge on any atom is 0.0923 e. The fraction of sp³-hybridized carbons (Fsp3) is 0.294. The number of rotatable bonds is 3. The molecule has 4 rings (SSSR count). The molecule has 22 heavy (non-hydrogen) atoms. The molecule has 1 aliphatic rings. The molecule has 0 atom stereocenters. The lowest BCUT2D eigenvalue weighted by molar-refractivity contribution is 0.775. The molecule has 2 aromatic heterocycles. The quantitative estimate of drug-likeness (QED) is 0.807. The molecule has 5 heteroatoms. The van der Waals surface area contributed by atoms with Gasteiger partial charge >= 0.3 is 0 Å². The molecule has 0 saturated carbocycles. The van der Waals surface area contributed by atoms with Crippen LogP contribution in [-0.4, -0.2) is 26.3 Å². The maximum absolute atomic E-state index is 4.36. The highest BCUT2D eigenvalue weighted by atomic mass is 15.3. The molecular weight excluding hydrogens is 274 g/mol. The Labute approximate surface area is 129 Å². The van der Waals surface area contributed by atoms with Crippen LogP contribution >= 0.6 is 0 Å². The van der Waals surface area contributed by atoms with E-state index in [1.807, 2.05) is 24.1 Å². The molecule has 0 radical (unpaired) electrons. The number of hydrogen-bond acceptors (Lipinski definition) is 3. The first kappa shape index (κ1) is 13.1. The molecule has 0 saturated heterocycles. The van der Waals surface area contributed by atoms with Crippen molar-refractivity contribution in [2.45, 2.75) is 19.9 Å². The SMILES string of the molecule is Cc1c(-c2ccnn2C)ccc2c1N(Cc1c[nH]cn1)CC2. The van der Waals surface area contributed by atoms with Gasteiger partial charge < -0.3 is 9.88 Å². The Morgan fingerprint density at radius 2 is 2.18 bits per heavy atom. The summed E-state index contributed by atoms with van der Waals surface area (Å²) in [6.07, 6.45) is 6.67. The summed E-state index contributed by atoms with van der Waals surface area (Å²) in [7, 11) is 1.99. The first-order valence-electron chi connectivity index (χ1n) is 7.57. The summed E-state index contributed by atoms with van der Waals surface area (Å²) >= 11 is 0. The van der Waals surface area contributed by atoms with Gasteiger partial charge in [-0.2, -0.15) is 5.10 Å². The Kier molecular flexibility index (Phi) is 2.99. The van der Waals surface area contributed by atoms with Gasteiger partial charge in [-0.25, -0.2) is 4.98 Å². The van der Waals surface area contributed by atoms with Crippen molar-refractivity contribution in [3.8, 4) is 11.3 Å². The van der Waals surface area contributed by atoms with Crippen molar-refractivity contribution in [1.82, 2.24) is 19.7 Å². The molecular formula is C17H19N5. The number of aryl methyl sites for hydroxylation is 1. The Bertz CT molecular complexity index is 801. The number of aromatic amines is 1. The highest BCUT2D eigenvalue weighted by molar-refractivity contribution is 5.76. The van der Waals surface area contributed by atoms with Crippen LogP contribution in [0.15, 0.2) is 36.9 Å². The van der Waals surface area contributed by atoms with Gasteiger partial charge in [0.05, 0.1) is 24.3 Å². The van der Waals surface area contributed by atoms with Gasteiger partial charge in [-0.15, -0.1) is 0 Å². The van der Waals surface area contributed by atoms with Gasteiger partial charge in [0.15, 0.2) is 0 Å². The molecule has 112 valence electrons. The summed E-state index contributed by atoms with van der Waals surface area (Å²) in [6.45, 7) is 4.12. The molecule has 1 N–H and O–H groups in total. The largest absolute Gasteiger partial charge is 0.365 e. The molecule has 0 spiro atoms. The lowest BCUT2D eigenvalue weighted by atomic mass is 9.99. The minimum absolute atomic E-state index is 0.853. The third kappa shape index (κ3) is 2.01. The van der Waals surface area contributed by atoms with Gasteiger partial charge in [0, 0.05) is 37.2 Å². The molecule has 0 bridgehead atoms. The van der Waals surface area contributed by atoms with Gasteiger partial charge in [0.1, 0.15) is 0 Å². The van der Waals surface area contributed by atoms with Gasteiger partial charge in [0.2, 0.25) is 0 Å². The zero-order valence-electron chi connectivity index (χ0n) is 12.9. The molecule has 0 fully saturated rings. The summed E-state index contributed by atoms with van der Waals surface area (Å²) in [5.74, 6) is 0. The van der Waals surface area contributed by atoms with E-state index in [9.17, 15) is 0 Å². The summed E-state index contributed by atoms with van der Waals surface area (Å²) in [5.41, 5.74) is 7.62. The fourth-order valence-electron chi connectivity index (χ4n) is 3.41. The van der Waals surface area contributed by atoms with Crippen molar-refractivity contribution in [1.29, 1.82) is 0 Å².